The normalized spacial score (nSPS) is 28.4. The summed E-state index contributed by atoms with van der Waals surface area (Å²) in [5, 5.41) is 5.77. The number of hydrogen-bond donors (Lipinski definition) is 1. The van der Waals surface area contributed by atoms with Crippen LogP contribution in [-0.4, -0.2) is 37.3 Å². The van der Waals surface area contributed by atoms with E-state index in [0.717, 1.165) is 5.56 Å². The molecule has 1 fully saturated rings. The molecular formula is C13H15F3N4O. The number of rotatable bonds is 4. The lowest BCUT2D eigenvalue weighted by Crippen LogP contribution is -2.46. The Morgan fingerprint density at radius 1 is 1.38 bits per heavy atom. The quantitative estimate of drug-likeness (QED) is 0.527. The van der Waals surface area contributed by atoms with Crippen LogP contribution in [0.15, 0.2) is 35.4 Å². The minimum Gasteiger partial charge on any atom is -0.370 e. The van der Waals surface area contributed by atoms with E-state index in [9.17, 15) is 13.2 Å². The third kappa shape index (κ3) is 3.87. The van der Waals surface area contributed by atoms with Crippen molar-refractivity contribution < 1.29 is 17.9 Å². The lowest BCUT2D eigenvalue weighted by Gasteiger charge is -2.27. The number of ether oxygens (including phenoxy) is 1. The lowest BCUT2D eigenvalue weighted by molar-refractivity contribution is -0.129. The molecule has 0 amide bonds. The number of nitrogens with zero attached hydrogens (tertiary/aromatic N) is 3. The van der Waals surface area contributed by atoms with E-state index in [-0.39, 0.29) is 13.2 Å². The molecular weight excluding hydrogens is 285 g/mol. The number of halogens is 3. The Hall–Kier alpha value is -1.76. The van der Waals surface area contributed by atoms with Crippen molar-refractivity contribution in [1.82, 2.24) is 5.32 Å². The average molecular weight is 300 g/mol. The first-order chi connectivity index (χ1) is 10.0. The van der Waals surface area contributed by atoms with Crippen LogP contribution in [0.3, 0.4) is 0 Å². The van der Waals surface area contributed by atoms with Gasteiger partial charge in [0.1, 0.15) is 6.10 Å². The maximum atomic E-state index is 14.1. The molecule has 5 nitrogen and oxygen atoms in total. The van der Waals surface area contributed by atoms with Crippen molar-refractivity contribution in [2.75, 3.05) is 13.1 Å². The van der Waals surface area contributed by atoms with Crippen LogP contribution in [0.25, 0.3) is 10.4 Å². The summed E-state index contributed by atoms with van der Waals surface area (Å²) in [4.78, 5) is 2.58. The molecule has 0 spiro atoms. The maximum absolute atomic E-state index is 14.1. The monoisotopic (exact) mass is 300 g/mol. The van der Waals surface area contributed by atoms with Gasteiger partial charge in [0, 0.05) is 11.5 Å². The topological polar surface area (TPSA) is 70.0 Å². The van der Waals surface area contributed by atoms with Crippen molar-refractivity contribution in [2.24, 2.45) is 5.11 Å². The zero-order valence-electron chi connectivity index (χ0n) is 11.1. The van der Waals surface area contributed by atoms with Gasteiger partial charge in [-0.3, -0.25) is 0 Å². The first-order valence-electron chi connectivity index (χ1n) is 6.47. The van der Waals surface area contributed by atoms with Crippen LogP contribution in [0.4, 0.5) is 13.2 Å². The summed E-state index contributed by atoms with van der Waals surface area (Å²) in [5.41, 5.74) is 9.22. The van der Waals surface area contributed by atoms with Gasteiger partial charge in [-0.2, -0.15) is 0 Å². The summed E-state index contributed by atoms with van der Waals surface area (Å²) >= 11 is 0. The Labute approximate surface area is 119 Å². The van der Waals surface area contributed by atoms with E-state index in [1.165, 1.54) is 0 Å². The summed E-state index contributed by atoms with van der Waals surface area (Å²) in [7, 11) is 0. The second-order valence-corrected chi connectivity index (χ2v) is 4.83. The minimum atomic E-state index is -3.57. The van der Waals surface area contributed by atoms with Crippen LogP contribution in [0.1, 0.15) is 5.56 Å². The van der Waals surface area contributed by atoms with Crippen LogP contribution in [0.2, 0.25) is 0 Å². The summed E-state index contributed by atoms with van der Waals surface area (Å²) in [6.45, 7) is -0.893. The fraction of sp³-hybridized carbons (Fsp3) is 0.538. The number of hydrogen-bond acceptors (Lipinski definition) is 3. The number of benzene rings is 1. The molecule has 0 unspecified atom stereocenters. The average Bonchev–Trinajstić information content (AvgIpc) is 2.57. The first kappa shape index (κ1) is 15.6. The van der Waals surface area contributed by atoms with Gasteiger partial charge in [-0.25, -0.2) is 13.2 Å². The van der Waals surface area contributed by atoms with Gasteiger partial charge in [0.25, 0.3) is 5.92 Å². The van der Waals surface area contributed by atoms with Crippen molar-refractivity contribution in [3.63, 3.8) is 0 Å². The van der Waals surface area contributed by atoms with Gasteiger partial charge in [0.15, 0.2) is 6.17 Å². The van der Waals surface area contributed by atoms with Crippen LogP contribution < -0.4 is 5.32 Å². The van der Waals surface area contributed by atoms with E-state index in [2.05, 4.69) is 15.3 Å². The van der Waals surface area contributed by atoms with E-state index >= 15 is 0 Å². The molecule has 0 saturated carbocycles. The summed E-state index contributed by atoms with van der Waals surface area (Å²) < 4.78 is 46.6. The molecule has 1 heterocycles. The molecule has 1 aromatic rings. The molecule has 0 radical (unpaired) electrons. The number of nitrogens with one attached hydrogen (secondary N) is 1. The van der Waals surface area contributed by atoms with Gasteiger partial charge in [0.05, 0.1) is 19.2 Å². The molecule has 114 valence electrons. The lowest BCUT2D eigenvalue weighted by atomic mass is 10.0. The third-order valence-electron chi connectivity index (χ3n) is 3.27. The third-order valence-corrected chi connectivity index (χ3v) is 3.27. The Balaban J connectivity index is 2.14. The zero-order valence-corrected chi connectivity index (χ0v) is 11.1. The van der Waals surface area contributed by atoms with Crippen molar-refractivity contribution in [3.05, 3.63) is 46.3 Å². The van der Waals surface area contributed by atoms with E-state index in [4.69, 9.17) is 10.3 Å². The molecule has 21 heavy (non-hydrogen) atoms. The van der Waals surface area contributed by atoms with Gasteiger partial charge < -0.3 is 10.1 Å². The Kier molecular flexibility index (Phi) is 5.06. The molecule has 1 saturated heterocycles. The molecule has 1 aromatic carbocycles. The molecule has 0 aromatic heterocycles. The van der Waals surface area contributed by atoms with E-state index in [1.54, 1.807) is 30.3 Å². The molecule has 1 N–H and O–H groups in total. The van der Waals surface area contributed by atoms with Crippen molar-refractivity contribution in [2.45, 2.75) is 30.8 Å². The second-order valence-electron chi connectivity index (χ2n) is 4.83. The molecule has 0 bridgehead atoms. The highest BCUT2D eigenvalue weighted by Crippen LogP contribution is 2.30. The van der Waals surface area contributed by atoms with Gasteiger partial charge in [-0.1, -0.05) is 35.4 Å². The van der Waals surface area contributed by atoms with E-state index in [0.29, 0.717) is 0 Å². The standard InChI is InChI=1S/C13H15F3N4O/c14-12-11(21-7-9-4-2-1-3-5-9)10(19-20-17)6-18-8-13(12,15)16/h1-5,10-12,18H,6-8H2/t10-,11+,12-/m1/s1. The zero-order chi connectivity index (χ0) is 15.3. The SMILES string of the molecule is [N-]=[N+]=N[C@@H]1CNCC(F)(F)[C@H](F)[C@H]1OCc1ccccc1. The molecule has 3 atom stereocenters. The van der Waals surface area contributed by atoms with Crippen LogP contribution >= 0.6 is 0 Å². The van der Waals surface area contributed by atoms with E-state index in [1.807, 2.05) is 0 Å². The van der Waals surface area contributed by atoms with Gasteiger partial charge in [0.2, 0.25) is 0 Å². The van der Waals surface area contributed by atoms with E-state index < -0.39 is 30.8 Å². The molecule has 1 aliphatic heterocycles. The smallest absolute Gasteiger partial charge is 0.293 e. The Morgan fingerprint density at radius 3 is 2.76 bits per heavy atom. The fourth-order valence-corrected chi connectivity index (χ4v) is 2.17. The van der Waals surface area contributed by atoms with Gasteiger partial charge >= 0.3 is 0 Å². The predicted molar refractivity (Wildman–Crippen MR) is 70.7 cm³/mol. The van der Waals surface area contributed by atoms with Gasteiger partial charge in [-0.05, 0) is 11.1 Å². The molecule has 2 rings (SSSR count). The van der Waals surface area contributed by atoms with Crippen molar-refractivity contribution in [1.29, 1.82) is 0 Å². The summed E-state index contributed by atoms with van der Waals surface area (Å²) in [6.07, 6.45) is -4.03. The maximum Gasteiger partial charge on any atom is 0.293 e. The summed E-state index contributed by atoms with van der Waals surface area (Å²) in [6, 6.07) is 7.78. The molecule has 1 aliphatic rings. The van der Waals surface area contributed by atoms with Crippen LogP contribution in [0, 0.1) is 0 Å². The summed E-state index contributed by atoms with van der Waals surface area (Å²) in [5.74, 6) is -3.57. The van der Waals surface area contributed by atoms with Gasteiger partial charge in [-0.15, -0.1) is 0 Å². The fourth-order valence-electron chi connectivity index (χ4n) is 2.17. The molecule has 8 heteroatoms. The van der Waals surface area contributed by atoms with Crippen molar-refractivity contribution in [3.8, 4) is 0 Å². The number of azide groups is 1. The highest BCUT2D eigenvalue weighted by Gasteiger charge is 2.50. The Bertz CT molecular complexity index is 507. The largest absolute Gasteiger partial charge is 0.370 e. The van der Waals surface area contributed by atoms with Crippen LogP contribution in [0.5, 0.6) is 0 Å². The Morgan fingerprint density at radius 2 is 2.10 bits per heavy atom. The predicted octanol–water partition coefficient (Wildman–Crippen LogP) is 2.83. The van der Waals surface area contributed by atoms with Crippen LogP contribution in [-0.2, 0) is 11.3 Å². The van der Waals surface area contributed by atoms with Crippen molar-refractivity contribution >= 4 is 0 Å². The highest BCUT2D eigenvalue weighted by atomic mass is 19.3. The minimum absolute atomic E-state index is 0.0283. The first-order valence-corrected chi connectivity index (χ1v) is 6.47. The highest BCUT2D eigenvalue weighted by molar-refractivity contribution is 5.13. The second kappa shape index (κ2) is 6.80. The number of alkyl halides is 3. The molecule has 0 aliphatic carbocycles.